The van der Waals surface area contributed by atoms with Crippen molar-refractivity contribution < 1.29 is 13.6 Å². The third-order valence-electron chi connectivity index (χ3n) is 1.15. The molecule has 1 aliphatic heterocycles. The van der Waals surface area contributed by atoms with E-state index >= 15 is 0 Å². The van der Waals surface area contributed by atoms with Gasteiger partial charge in [0.15, 0.2) is 0 Å². The van der Waals surface area contributed by atoms with Crippen LogP contribution in [0.15, 0.2) is 0 Å². The van der Waals surface area contributed by atoms with Crippen molar-refractivity contribution >= 4 is 31.3 Å². The van der Waals surface area contributed by atoms with Gasteiger partial charge in [-0.15, -0.1) is 0 Å². The summed E-state index contributed by atoms with van der Waals surface area (Å²) in [7, 11) is -2.08. The lowest BCUT2D eigenvalue weighted by molar-refractivity contribution is 0.263. The first-order valence-electron chi connectivity index (χ1n) is 4.01. The van der Waals surface area contributed by atoms with Gasteiger partial charge in [0.2, 0.25) is 0 Å². The molecule has 7 heteroatoms. The monoisotopic (exact) mass is 222 g/mol. The number of nitrogens with two attached hydrogens (primary N) is 2. The summed E-state index contributed by atoms with van der Waals surface area (Å²) in [6.07, 6.45) is 1.94. The summed E-state index contributed by atoms with van der Waals surface area (Å²) >= 11 is 0. The van der Waals surface area contributed by atoms with Gasteiger partial charge in [0.05, 0.1) is 13.2 Å². The van der Waals surface area contributed by atoms with Crippen LogP contribution in [0.3, 0.4) is 0 Å². The van der Waals surface area contributed by atoms with Crippen LogP contribution >= 0.6 is 8.25 Å². The SMILES string of the molecule is NCCN.O=[PH]1OCCCCO1.[MgH2]. The maximum absolute atomic E-state index is 10.4. The Morgan fingerprint density at radius 2 is 1.46 bits per heavy atom. The maximum Gasteiger partial charge on any atom is 0.319 e. The minimum atomic E-state index is -2.08. The Balaban J connectivity index is 0. The molecule has 13 heavy (non-hydrogen) atoms. The van der Waals surface area contributed by atoms with Crippen LogP contribution < -0.4 is 11.5 Å². The Hall–Kier alpha value is 0.836. The molecular weight excluding hydrogens is 203 g/mol. The average Bonchev–Trinajstić information content (AvgIpc) is 2.33. The maximum atomic E-state index is 10.4. The second-order valence-corrected chi connectivity index (χ2v) is 3.31. The van der Waals surface area contributed by atoms with Crippen LogP contribution in [-0.4, -0.2) is 49.4 Å². The molecule has 0 spiro atoms. The van der Waals surface area contributed by atoms with Crippen molar-refractivity contribution in [1.82, 2.24) is 0 Å². The molecule has 1 fully saturated rings. The van der Waals surface area contributed by atoms with E-state index in [1.807, 2.05) is 0 Å². The molecule has 0 radical (unpaired) electrons. The predicted molar refractivity (Wildman–Crippen MR) is 56.8 cm³/mol. The van der Waals surface area contributed by atoms with Gasteiger partial charge in [-0.2, -0.15) is 0 Å². The van der Waals surface area contributed by atoms with E-state index in [2.05, 4.69) is 0 Å². The largest absolute Gasteiger partial charge is 0.329 e. The smallest absolute Gasteiger partial charge is 0.319 e. The first-order chi connectivity index (χ1) is 5.81. The average molecular weight is 223 g/mol. The molecule has 0 unspecified atom stereocenters. The fourth-order valence-corrected chi connectivity index (χ4v) is 1.26. The van der Waals surface area contributed by atoms with Crippen LogP contribution in [0.25, 0.3) is 0 Å². The van der Waals surface area contributed by atoms with Gasteiger partial charge in [-0.3, -0.25) is 4.57 Å². The van der Waals surface area contributed by atoms with Crippen LogP contribution in [0.4, 0.5) is 0 Å². The van der Waals surface area contributed by atoms with E-state index < -0.39 is 8.25 Å². The lowest BCUT2D eigenvalue weighted by Crippen LogP contribution is -2.11. The van der Waals surface area contributed by atoms with E-state index in [-0.39, 0.29) is 23.1 Å². The molecule has 0 amide bonds. The number of hydrogen-bond acceptors (Lipinski definition) is 5. The molecule has 78 valence electrons. The third kappa shape index (κ3) is 12.8. The summed E-state index contributed by atoms with van der Waals surface area (Å²) in [5.41, 5.74) is 9.81. The Morgan fingerprint density at radius 3 is 1.77 bits per heavy atom. The van der Waals surface area contributed by atoms with Crippen molar-refractivity contribution in [2.75, 3.05) is 26.3 Å². The molecule has 1 saturated heterocycles. The van der Waals surface area contributed by atoms with E-state index in [4.69, 9.17) is 20.5 Å². The Bertz CT molecular complexity index is 116. The van der Waals surface area contributed by atoms with Crippen molar-refractivity contribution in [3.63, 3.8) is 0 Å². The standard InChI is InChI=1S/C4H9O3P.C2H8N2.Mg.2H/c5-8-6-3-1-2-4-7-8;3-1-2-4;;;/h8H,1-4H2;1-4H2;;;. The summed E-state index contributed by atoms with van der Waals surface area (Å²) in [5.74, 6) is 0. The normalized spacial score (nSPS) is 17.7. The quantitative estimate of drug-likeness (QED) is 0.448. The molecule has 4 N–H and O–H groups in total. The zero-order chi connectivity index (χ0) is 9.23. The van der Waals surface area contributed by atoms with E-state index in [9.17, 15) is 4.57 Å². The van der Waals surface area contributed by atoms with Crippen LogP contribution in [0.1, 0.15) is 12.8 Å². The van der Waals surface area contributed by atoms with Gasteiger partial charge < -0.3 is 20.5 Å². The van der Waals surface area contributed by atoms with Crippen LogP contribution in [0, 0.1) is 0 Å². The first kappa shape index (κ1) is 16.3. The molecule has 0 aliphatic carbocycles. The Morgan fingerprint density at radius 1 is 1.08 bits per heavy atom. The zero-order valence-corrected chi connectivity index (χ0v) is 8.12. The van der Waals surface area contributed by atoms with Gasteiger partial charge in [0, 0.05) is 13.1 Å². The third-order valence-corrected chi connectivity index (χ3v) is 2.02. The van der Waals surface area contributed by atoms with Gasteiger partial charge in [-0.05, 0) is 12.8 Å². The Labute approximate surface area is 95.6 Å². The molecule has 0 aromatic carbocycles. The minimum absolute atomic E-state index is 0. The summed E-state index contributed by atoms with van der Waals surface area (Å²) in [6.45, 7) is 2.38. The minimum Gasteiger partial charge on any atom is -0.329 e. The summed E-state index contributed by atoms with van der Waals surface area (Å²) in [6, 6.07) is 0. The number of hydrogen-bond donors (Lipinski definition) is 2. The molecule has 0 atom stereocenters. The van der Waals surface area contributed by atoms with E-state index in [0.717, 1.165) is 12.8 Å². The second kappa shape index (κ2) is 12.8. The topological polar surface area (TPSA) is 87.6 Å². The molecular formula is C6H19MgN2O3P. The van der Waals surface area contributed by atoms with Crippen LogP contribution in [-0.2, 0) is 13.6 Å². The summed E-state index contributed by atoms with van der Waals surface area (Å²) in [4.78, 5) is 0. The molecule has 0 saturated carbocycles. The highest BCUT2D eigenvalue weighted by molar-refractivity contribution is 7.33. The Kier molecular flexibility index (Phi) is 16.1. The van der Waals surface area contributed by atoms with Gasteiger partial charge in [-0.1, -0.05) is 0 Å². The lowest BCUT2D eigenvalue weighted by Gasteiger charge is -1.94. The fraction of sp³-hybridized carbons (Fsp3) is 1.00. The second-order valence-electron chi connectivity index (χ2n) is 2.23. The molecule has 1 heterocycles. The molecule has 1 aliphatic rings. The summed E-state index contributed by atoms with van der Waals surface area (Å²) < 4.78 is 19.9. The van der Waals surface area contributed by atoms with Gasteiger partial charge in [0.1, 0.15) is 0 Å². The number of rotatable bonds is 1. The summed E-state index contributed by atoms with van der Waals surface area (Å²) in [5, 5.41) is 0. The highest BCUT2D eigenvalue weighted by Gasteiger charge is 2.03. The van der Waals surface area contributed by atoms with Gasteiger partial charge >= 0.3 is 31.3 Å². The highest BCUT2D eigenvalue weighted by Crippen LogP contribution is 2.26. The molecule has 5 nitrogen and oxygen atoms in total. The van der Waals surface area contributed by atoms with E-state index in [1.165, 1.54) is 0 Å². The van der Waals surface area contributed by atoms with Crippen molar-refractivity contribution in [3.8, 4) is 0 Å². The van der Waals surface area contributed by atoms with Crippen LogP contribution in [0.2, 0.25) is 0 Å². The predicted octanol–water partition coefficient (Wildman–Crippen LogP) is -0.809. The van der Waals surface area contributed by atoms with Gasteiger partial charge in [-0.25, -0.2) is 0 Å². The van der Waals surface area contributed by atoms with Crippen molar-refractivity contribution in [2.24, 2.45) is 11.5 Å². The van der Waals surface area contributed by atoms with Crippen LogP contribution in [0.5, 0.6) is 0 Å². The van der Waals surface area contributed by atoms with Gasteiger partial charge in [0.25, 0.3) is 0 Å². The lowest BCUT2D eigenvalue weighted by atomic mass is 10.3. The fourth-order valence-electron chi connectivity index (χ4n) is 0.557. The molecule has 1 rings (SSSR count). The molecule has 0 aromatic heterocycles. The molecule has 0 aromatic rings. The molecule has 0 bridgehead atoms. The van der Waals surface area contributed by atoms with E-state index in [0.29, 0.717) is 26.3 Å². The first-order valence-corrected chi connectivity index (χ1v) is 5.23. The highest BCUT2D eigenvalue weighted by atomic mass is 31.1. The van der Waals surface area contributed by atoms with Crippen molar-refractivity contribution in [1.29, 1.82) is 0 Å². The zero-order valence-electron chi connectivity index (χ0n) is 7.12. The van der Waals surface area contributed by atoms with E-state index in [1.54, 1.807) is 0 Å². The van der Waals surface area contributed by atoms with Crippen molar-refractivity contribution in [2.45, 2.75) is 12.8 Å². The van der Waals surface area contributed by atoms with Crippen molar-refractivity contribution in [3.05, 3.63) is 0 Å².